The average molecular weight is 427 g/mol. The van der Waals surface area contributed by atoms with Crippen LogP contribution in [0.25, 0.3) is 16.5 Å². The summed E-state index contributed by atoms with van der Waals surface area (Å²) in [4.78, 5) is 12.9. The average Bonchev–Trinajstić information content (AvgIpc) is 2.76. The van der Waals surface area contributed by atoms with Crippen LogP contribution in [0.3, 0.4) is 0 Å². The summed E-state index contributed by atoms with van der Waals surface area (Å²) in [5.74, 6) is 0.572. The van der Waals surface area contributed by atoms with Crippen molar-refractivity contribution in [3.05, 3.63) is 57.6 Å². The van der Waals surface area contributed by atoms with Gasteiger partial charge in [-0.2, -0.15) is 5.10 Å². The van der Waals surface area contributed by atoms with Crippen LogP contribution in [0.5, 0.6) is 0 Å². The van der Waals surface area contributed by atoms with Crippen molar-refractivity contribution in [1.82, 2.24) is 20.1 Å². The molecule has 1 unspecified atom stereocenters. The molecule has 2 aromatic heterocycles. The van der Waals surface area contributed by atoms with Gasteiger partial charge < -0.3 is 15.2 Å². The number of aromatic nitrogens is 3. The zero-order valence-corrected chi connectivity index (χ0v) is 18.0. The topological polar surface area (TPSA) is 71.8 Å². The number of rotatable bonds is 5. The van der Waals surface area contributed by atoms with Gasteiger partial charge in [0.15, 0.2) is 5.82 Å². The van der Waals surface area contributed by atoms with Gasteiger partial charge in [0.05, 0.1) is 11.7 Å². The quantitative estimate of drug-likeness (QED) is 0.762. The van der Waals surface area contributed by atoms with Gasteiger partial charge in [-0.25, -0.2) is 8.78 Å². The van der Waals surface area contributed by atoms with Crippen molar-refractivity contribution < 1.29 is 8.78 Å². The maximum atomic E-state index is 13.3. The van der Waals surface area contributed by atoms with Crippen LogP contribution in [0, 0.1) is 5.92 Å². The number of hydrogen-bond acceptors (Lipinski definition) is 5. The molecule has 1 aliphatic heterocycles. The Labute approximate surface area is 179 Å². The lowest BCUT2D eigenvalue weighted by Gasteiger charge is -2.24. The highest BCUT2D eigenvalue weighted by Crippen LogP contribution is 2.30. The summed E-state index contributed by atoms with van der Waals surface area (Å²) in [6.45, 7) is 5.40. The predicted octanol–water partition coefficient (Wildman–Crippen LogP) is 3.66. The number of anilines is 1. The second-order valence-corrected chi connectivity index (χ2v) is 8.34. The van der Waals surface area contributed by atoms with Crippen molar-refractivity contribution in [2.45, 2.75) is 39.2 Å². The highest BCUT2D eigenvalue weighted by atomic mass is 19.3. The molecular weight excluding hydrogens is 400 g/mol. The maximum Gasteiger partial charge on any atom is 0.260 e. The van der Waals surface area contributed by atoms with Gasteiger partial charge in [-0.3, -0.25) is 4.79 Å². The lowest BCUT2D eigenvalue weighted by Crippen LogP contribution is -2.28. The number of fused-ring (bicyclic) bond motifs is 1. The van der Waals surface area contributed by atoms with E-state index >= 15 is 0 Å². The molecule has 31 heavy (non-hydrogen) atoms. The van der Waals surface area contributed by atoms with Crippen LogP contribution in [0.2, 0.25) is 0 Å². The minimum atomic E-state index is -2.45. The lowest BCUT2D eigenvalue weighted by molar-refractivity contribution is 0.182. The van der Waals surface area contributed by atoms with Crippen molar-refractivity contribution >= 4 is 22.3 Å². The number of hydrogen-bond donors (Lipinski definition) is 2. The summed E-state index contributed by atoms with van der Waals surface area (Å²) in [7, 11) is 1.73. The molecule has 164 valence electrons. The van der Waals surface area contributed by atoms with Crippen molar-refractivity contribution in [2.24, 2.45) is 13.0 Å². The number of halogens is 2. The number of alkyl halides is 2. The van der Waals surface area contributed by atoms with Crippen LogP contribution < -0.4 is 16.2 Å². The van der Waals surface area contributed by atoms with E-state index in [1.54, 1.807) is 23.9 Å². The molecule has 1 aliphatic carbocycles. The monoisotopic (exact) mass is 427 g/mol. The molecule has 0 aromatic carbocycles. The SMILES string of the molecule is CC1C=C([C@@H](C)Nc2nncc3c2cc(C2=CCCNC2)c(=O)n3C)C=C(C(F)F)C1. The first-order valence-corrected chi connectivity index (χ1v) is 10.6. The van der Waals surface area contributed by atoms with Crippen molar-refractivity contribution in [2.75, 3.05) is 18.4 Å². The van der Waals surface area contributed by atoms with Gasteiger partial charge in [0.1, 0.15) is 0 Å². The molecule has 3 heterocycles. The number of allylic oxidation sites excluding steroid dienone is 2. The first-order chi connectivity index (χ1) is 14.8. The zero-order valence-electron chi connectivity index (χ0n) is 18.0. The Morgan fingerprint density at radius 3 is 2.87 bits per heavy atom. The van der Waals surface area contributed by atoms with E-state index in [0.29, 0.717) is 29.9 Å². The van der Waals surface area contributed by atoms with E-state index in [-0.39, 0.29) is 23.1 Å². The first kappa shape index (κ1) is 21.4. The van der Waals surface area contributed by atoms with Crippen LogP contribution in [0.4, 0.5) is 14.6 Å². The number of pyridine rings is 1. The molecule has 8 heteroatoms. The normalized spacial score (nSPS) is 20.3. The van der Waals surface area contributed by atoms with Crippen molar-refractivity contribution in [3.63, 3.8) is 0 Å². The minimum absolute atomic E-state index is 0.0463. The fourth-order valence-electron chi connectivity index (χ4n) is 4.27. The van der Waals surface area contributed by atoms with Crippen LogP contribution in [0.15, 0.2) is 46.4 Å². The standard InChI is InChI=1S/C23H27F2N5O/c1-13-7-16(9-17(8-13)21(24)25)14(2)28-22-19-10-18(15-5-4-6-26-11-15)23(31)30(3)20(19)12-27-29-22/h5,7,9-10,12-14,21,26H,4,6,8,11H2,1-3H3,(H,28,29)/t13?,14-/m1/s1. The van der Waals surface area contributed by atoms with E-state index in [0.717, 1.165) is 29.5 Å². The Hall–Kier alpha value is -2.87. The zero-order chi connectivity index (χ0) is 22.1. The molecule has 2 aromatic rings. The third-order valence-electron chi connectivity index (χ3n) is 5.95. The number of nitrogens with one attached hydrogen (secondary N) is 2. The molecule has 0 saturated carbocycles. The summed E-state index contributed by atoms with van der Waals surface area (Å²) in [6, 6.07) is 1.62. The first-order valence-electron chi connectivity index (χ1n) is 10.6. The maximum absolute atomic E-state index is 13.3. The molecule has 4 rings (SSSR count). The summed E-state index contributed by atoms with van der Waals surface area (Å²) < 4.78 is 28.2. The Kier molecular flexibility index (Phi) is 6.00. The third-order valence-corrected chi connectivity index (χ3v) is 5.95. The molecule has 0 saturated heterocycles. The molecular formula is C23H27F2N5O. The summed E-state index contributed by atoms with van der Waals surface area (Å²) in [5.41, 5.74) is 3.15. The second kappa shape index (κ2) is 8.70. The number of nitrogens with zero attached hydrogens (tertiary/aromatic N) is 3. The molecule has 6 nitrogen and oxygen atoms in total. The van der Waals surface area contributed by atoms with Gasteiger partial charge in [-0.15, -0.1) is 5.10 Å². The van der Waals surface area contributed by atoms with Crippen molar-refractivity contribution in [3.8, 4) is 0 Å². The molecule has 0 radical (unpaired) electrons. The molecule has 0 fully saturated rings. The smallest absolute Gasteiger partial charge is 0.260 e. The molecule has 2 aliphatic rings. The lowest BCUT2D eigenvalue weighted by atomic mass is 9.89. The Morgan fingerprint density at radius 2 is 2.16 bits per heavy atom. The van der Waals surface area contributed by atoms with E-state index < -0.39 is 6.43 Å². The Morgan fingerprint density at radius 1 is 1.35 bits per heavy atom. The highest BCUT2D eigenvalue weighted by molar-refractivity contribution is 5.91. The summed E-state index contributed by atoms with van der Waals surface area (Å²) in [6.07, 6.45) is 6.05. The van der Waals surface area contributed by atoms with E-state index in [4.69, 9.17) is 0 Å². The fourth-order valence-corrected chi connectivity index (χ4v) is 4.27. The van der Waals surface area contributed by atoms with Gasteiger partial charge in [0, 0.05) is 30.6 Å². The third kappa shape index (κ3) is 4.30. The second-order valence-electron chi connectivity index (χ2n) is 8.34. The van der Waals surface area contributed by atoms with Crippen LogP contribution in [-0.4, -0.2) is 40.3 Å². The highest BCUT2D eigenvalue weighted by Gasteiger charge is 2.22. The van der Waals surface area contributed by atoms with Gasteiger partial charge >= 0.3 is 0 Å². The molecule has 0 amide bonds. The Bertz CT molecular complexity index is 1150. The minimum Gasteiger partial charge on any atom is -0.362 e. The largest absolute Gasteiger partial charge is 0.362 e. The van der Waals surface area contributed by atoms with Gasteiger partial charge in [-0.1, -0.05) is 25.2 Å². The molecule has 0 bridgehead atoms. The van der Waals surface area contributed by atoms with Crippen LogP contribution in [0.1, 0.15) is 32.3 Å². The summed E-state index contributed by atoms with van der Waals surface area (Å²) >= 11 is 0. The fraction of sp³-hybridized carbons (Fsp3) is 0.435. The van der Waals surface area contributed by atoms with E-state index in [2.05, 4.69) is 26.9 Å². The Balaban J connectivity index is 1.74. The van der Waals surface area contributed by atoms with Gasteiger partial charge in [0.25, 0.3) is 12.0 Å². The van der Waals surface area contributed by atoms with E-state index in [1.807, 2.05) is 26.0 Å². The van der Waals surface area contributed by atoms with Crippen molar-refractivity contribution in [1.29, 1.82) is 0 Å². The van der Waals surface area contributed by atoms with Crippen LogP contribution >= 0.6 is 0 Å². The van der Waals surface area contributed by atoms with Gasteiger partial charge in [0.2, 0.25) is 0 Å². The molecule has 2 N–H and O–H groups in total. The molecule has 0 spiro atoms. The van der Waals surface area contributed by atoms with Gasteiger partial charge in [-0.05, 0) is 55.0 Å². The molecule has 2 atom stereocenters. The van der Waals surface area contributed by atoms with E-state index in [1.165, 1.54) is 0 Å². The number of aryl methyl sites for hydroxylation is 1. The predicted molar refractivity (Wildman–Crippen MR) is 119 cm³/mol. The van der Waals surface area contributed by atoms with E-state index in [9.17, 15) is 13.6 Å². The summed E-state index contributed by atoms with van der Waals surface area (Å²) in [5, 5.41) is 15.7. The van der Waals surface area contributed by atoms with Crippen LogP contribution in [-0.2, 0) is 7.05 Å².